The Labute approximate surface area is 216 Å². The second-order valence-electron chi connectivity index (χ2n) is 9.63. The minimum Gasteiger partial charge on any atom is -0.492 e. The van der Waals surface area contributed by atoms with Gasteiger partial charge < -0.3 is 18.9 Å². The van der Waals surface area contributed by atoms with E-state index >= 15 is 0 Å². The van der Waals surface area contributed by atoms with Crippen molar-refractivity contribution in [3.8, 4) is 22.9 Å². The van der Waals surface area contributed by atoms with E-state index in [1.54, 1.807) is 4.57 Å². The summed E-state index contributed by atoms with van der Waals surface area (Å²) in [4.78, 5) is 19.7. The van der Waals surface area contributed by atoms with Crippen LogP contribution in [0.1, 0.15) is 31.2 Å². The highest BCUT2D eigenvalue weighted by Gasteiger charge is 2.27. The predicted octanol–water partition coefficient (Wildman–Crippen LogP) is 4.32. The van der Waals surface area contributed by atoms with Gasteiger partial charge in [0.05, 0.1) is 5.69 Å². The van der Waals surface area contributed by atoms with Crippen LogP contribution in [0.3, 0.4) is 0 Å². The molecule has 0 N–H and O–H groups in total. The Balaban J connectivity index is 1.24. The van der Waals surface area contributed by atoms with E-state index in [4.69, 9.17) is 18.9 Å². The Kier molecular flexibility index (Phi) is 6.82. The Bertz CT molecular complexity index is 1330. The van der Waals surface area contributed by atoms with Crippen molar-refractivity contribution in [2.45, 2.75) is 44.8 Å². The van der Waals surface area contributed by atoms with Crippen LogP contribution in [0.25, 0.3) is 11.3 Å². The quantitative estimate of drug-likeness (QED) is 0.533. The van der Waals surface area contributed by atoms with Crippen molar-refractivity contribution < 1.29 is 18.9 Å². The zero-order chi connectivity index (χ0) is 25.0. The number of aromatic nitrogens is 2. The van der Waals surface area contributed by atoms with E-state index in [0.29, 0.717) is 18.9 Å². The number of ether oxygens (including phenoxy) is 4. The van der Waals surface area contributed by atoms with E-state index in [9.17, 15) is 4.79 Å². The first-order valence-corrected chi connectivity index (χ1v) is 13.0. The number of fused-ring (bicyclic) bond motifs is 3. The standard InChI is InChI=1S/C29H31N3O5/c33-29-30-27(37-28(21-6-2-1-3-7-21)26-20-34-16-17-36-26)19-25-24-9-8-23(18-22(24)10-13-32(25)29)35-15-14-31-11-4-5-12-31/h1-2,6,8-9,16-20,28H,3-5,7,10-15H2. The van der Waals surface area contributed by atoms with Crippen LogP contribution in [-0.2, 0) is 22.4 Å². The Morgan fingerprint density at radius 2 is 2.00 bits per heavy atom. The molecule has 4 aliphatic rings. The molecule has 1 aliphatic carbocycles. The van der Waals surface area contributed by atoms with Crippen LogP contribution in [0.5, 0.6) is 11.6 Å². The van der Waals surface area contributed by atoms with E-state index in [1.807, 2.05) is 30.4 Å². The fraction of sp³-hybridized carbons (Fsp3) is 0.379. The van der Waals surface area contributed by atoms with Gasteiger partial charge in [-0.2, -0.15) is 4.98 Å². The summed E-state index contributed by atoms with van der Waals surface area (Å²) in [6.45, 7) is 4.53. The first-order chi connectivity index (χ1) is 18.2. The zero-order valence-corrected chi connectivity index (χ0v) is 20.8. The molecule has 192 valence electrons. The largest absolute Gasteiger partial charge is 0.492 e. The van der Waals surface area contributed by atoms with Crippen LogP contribution in [0, 0.1) is 0 Å². The summed E-state index contributed by atoms with van der Waals surface area (Å²) < 4.78 is 25.1. The van der Waals surface area contributed by atoms with Crippen LogP contribution >= 0.6 is 0 Å². The van der Waals surface area contributed by atoms with Crippen LogP contribution < -0.4 is 15.2 Å². The highest BCUT2D eigenvalue weighted by Crippen LogP contribution is 2.34. The van der Waals surface area contributed by atoms with Gasteiger partial charge in [0.2, 0.25) is 5.88 Å². The van der Waals surface area contributed by atoms with Crippen molar-refractivity contribution in [1.29, 1.82) is 0 Å². The maximum Gasteiger partial charge on any atom is 0.351 e. The predicted molar refractivity (Wildman–Crippen MR) is 139 cm³/mol. The van der Waals surface area contributed by atoms with E-state index in [-0.39, 0.29) is 11.6 Å². The molecule has 0 radical (unpaired) electrons. The first-order valence-electron chi connectivity index (χ1n) is 13.0. The molecule has 8 heteroatoms. The van der Waals surface area contributed by atoms with Crippen molar-refractivity contribution in [2.75, 3.05) is 26.2 Å². The number of nitrogens with zero attached hydrogens (tertiary/aromatic N) is 3. The third-order valence-electron chi connectivity index (χ3n) is 7.22. The molecule has 4 heterocycles. The van der Waals surface area contributed by atoms with Gasteiger partial charge in [-0.15, -0.1) is 0 Å². The number of hydrogen-bond donors (Lipinski definition) is 0. The SMILES string of the molecule is O=c1nc(OC(C2=CC=CCC2)C2=COC=CO2)cc2n1CCc1cc(OCCN3CCCC3)ccc1-2. The van der Waals surface area contributed by atoms with Crippen LogP contribution in [0.2, 0.25) is 0 Å². The second kappa shape index (κ2) is 10.7. The lowest BCUT2D eigenvalue weighted by molar-refractivity contribution is 0.154. The molecule has 1 unspecified atom stereocenters. The third-order valence-corrected chi connectivity index (χ3v) is 7.22. The van der Waals surface area contributed by atoms with Gasteiger partial charge in [0, 0.05) is 24.7 Å². The first kappa shape index (κ1) is 23.6. The number of likely N-dealkylation sites (tertiary alicyclic amines) is 1. The fourth-order valence-corrected chi connectivity index (χ4v) is 5.31. The summed E-state index contributed by atoms with van der Waals surface area (Å²) in [5.74, 6) is 1.64. The van der Waals surface area contributed by atoms with Gasteiger partial charge >= 0.3 is 5.69 Å². The maximum absolute atomic E-state index is 13.0. The molecule has 0 spiro atoms. The zero-order valence-electron chi connectivity index (χ0n) is 20.8. The Hall–Kier alpha value is -3.78. The van der Waals surface area contributed by atoms with Crippen LogP contribution in [0.4, 0.5) is 0 Å². The lowest BCUT2D eigenvalue weighted by Crippen LogP contribution is -2.31. The molecule has 0 saturated carbocycles. The average Bonchev–Trinajstić information content (AvgIpc) is 3.46. The molecule has 6 rings (SSSR count). The molecule has 1 saturated heterocycles. The molecule has 1 atom stereocenters. The third kappa shape index (κ3) is 5.20. The van der Waals surface area contributed by atoms with Gasteiger partial charge in [0.1, 0.15) is 31.1 Å². The van der Waals surface area contributed by atoms with Crippen LogP contribution in [0.15, 0.2) is 77.4 Å². The van der Waals surface area contributed by atoms with Gasteiger partial charge in [-0.05, 0) is 74.5 Å². The average molecular weight is 502 g/mol. The summed E-state index contributed by atoms with van der Waals surface area (Å²) in [7, 11) is 0. The molecule has 1 aromatic carbocycles. The van der Waals surface area contributed by atoms with E-state index in [2.05, 4.69) is 22.0 Å². The summed E-state index contributed by atoms with van der Waals surface area (Å²) >= 11 is 0. The summed E-state index contributed by atoms with van der Waals surface area (Å²) in [6.07, 6.45) is 15.1. The molecular formula is C29H31N3O5. The summed E-state index contributed by atoms with van der Waals surface area (Å²) in [6, 6.07) is 7.96. The van der Waals surface area contributed by atoms with Gasteiger partial charge in [-0.3, -0.25) is 9.47 Å². The molecule has 2 aromatic rings. The lowest BCUT2D eigenvalue weighted by Gasteiger charge is -2.26. The number of rotatable bonds is 8. The van der Waals surface area contributed by atoms with Gasteiger partial charge in [0.25, 0.3) is 0 Å². The highest BCUT2D eigenvalue weighted by atomic mass is 16.6. The van der Waals surface area contributed by atoms with Crippen molar-refractivity contribution in [3.05, 3.63) is 88.7 Å². The second-order valence-corrected chi connectivity index (χ2v) is 9.63. The topological polar surface area (TPSA) is 75.0 Å². The van der Waals surface area contributed by atoms with Gasteiger partial charge in [0.15, 0.2) is 11.9 Å². The van der Waals surface area contributed by atoms with E-state index in [0.717, 1.165) is 54.0 Å². The summed E-state index contributed by atoms with van der Waals surface area (Å²) in [5, 5.41) is 0. The van der Waals surface area contributed by atoms with Gasteiger partial charge in [-0.25, -0.2) is 4.79 Å². The monoisotopic (exact) mass is 501 g/mol. The minimum atomic E-state index is -0.542. The highest BCUT2D eigenvalue weighted by molar-refractivity contribution is 5.67. The number of allylic oxidation sites excluding steroid dienone is 3. The Morgan fingerprint density at radius 3 is 2.81 bits per heavy atom. The molecule has 1 aromatic heterocycles. The van der Waals surface area contributed by atoms with Crippen LogP contribution in [-0.4, -0.2) is 46.8 Å². The molecule has 37 heavy (non-hydrogen) atoms. The van der Waals surface area contributed by atoms with E-state index < -0.39 is 6.10 Å². The Morgan fingerprint density at radius 1 is 1.08 bits per heavy atom. The number of benzene rings is 1. The molecule has 0 amide bonds. The van der Waals surface area contributed by atoms with Crippen molar-refractivity contribution in [2.24, 2.45) is 0 Å². The smallest absolute Gasteiger partial charge is 0.351 e. The molecule has 0 bridgehead atoms. The normalized spacial score (nSPS) is 19.1. The minimum absolute atomic E-state index is 0.259. The summed E-state index contributed by atoms with van der Waals surface area (Å²) in [5.41, 5.74) is 3.66. The number of hydrogen-bond acceptors (Lipinski definition) is 7. The molecule has 3 aliphatic heterocycles. The molecular weight excluding hydrogens is 470 g/mol. The van der Waals surface area contributed by atoms with Crippen molar-refractivity contribution in [3.63, 3.8) is 0 Å². The van der Waals surface area contributed by atoms with Gasteiger partial charge in [-0.1, -0.05) is 18.2 Å². The molecule has 8 nitrogen and oxygen atoms in total. The lowest BCUT2D eigenvalue weighted by atomic mass is 9.97. The maximum atomic E-state index is 13.0. The van der Waals surface area contributed by atoms with Crippen molar-refractivity contribution in [1.82, 2.24) is 14.5 Å². The fourth-order valence-electron chi connectivity index (χ4n) is 5.31. The number of aryl methyl sites for hydroxylation is 1. The molecule has 1 fully saturated rings. The van der Waals surface area contributed by atoms with Crippen molar-refractivity contribution >= 4 is 0 Å². The van der Waals surface area contributed by atoms with E-state index in [1.165, 1.54) is 44.7 Å².